The van der Waals surface area contributed by atoms with Crippen molar-refractivity contribution in [3.05, 3.63) is 95.0 Å². The van der Waals surface area contributed by atoms with E-state index in [4.69, 9.17) is 11.6 Å². The van der Waals surface area contributed by atoms with Gasteiger partial charge in [0.2, 0.25) is 5.96 Å². The lowest BCUT2D eigenvalue weighted by Gasteiger charge is -2.14. The van der Waals surface area contributed by atoms with Gasteiger partial charge in [0.25, 0.3) is 10.0 Å². The highest BCUT2D eigenvalue weighted by Gasteiger charge is 2.15. The van der Waals surface area contributed by atoms with E-state index in [0.29, 0.717) is 17.3 Å². The van der Waals surface area contributed by atoms with Gasteiger partial charge in [-0.1, -0.05) is 59.6 Å². The van der Waals surface area contributed by atoms with Crippen LogP contribution in [0, 0.1) is 6.92 Å². The number of halogens is 1. The summed E-state index contributed by atoms with van der Waals surface area (Å²) in [5.74, 6) is 0.0452. The first-order chi connectivity index (χ1) is 13.9. The second-order valence-corrected chi connectivity index (χ2v) is 8.36. The van der Waals surface area contributed by atoms with Crippen molar-refractivity contribution in [1.29, 1.82) is 0 Å². The minimum atomic E-state index is -3.90. The van der Waals surface area contributed by atoms with Gasteiger partial charge in [-0.2, -0.15) is 8.42 Å². The van der Waals surface area contributed by atoms with Crippen molar-refractivity contribution in [1.82, 2.24) is 10.9 Å². The Balaban J connectivity index is 1.81. The molecule has 0 atom stereocenters. The van der Waals surface area contributed by atoms with Crippen LogP contribution in [-0.2, 0) is 16.6 Å². The van der Waals surface area contributed by atoms with Crippen molar-refractivity contribution in [3.63, 3.8) is 0 Å². The average molecular weight is 429 g/mol. The third-order valence-electron chi connectivity index (χ3n) is 3.98. The predicted octanol–water partition coefficient (Wildman–Crippen LogP) is 4.10. The normalized spacial score (nSPS) is 11.9. The molecule has 8 heteroatoms. The third-order valence-corrected chi connectivity index (χ3v) is 5.52. The maximum atomic E-state index is 12.7. The molecule has 0 aliphatic carbocycles. The van der Waals surface area contributed by atoms with Gasteiger partial charge < -0.3 is 5.32 Å². The summed E-state index contributed by atoms with van der Waals surface area (Å²) < 4.78 is 29.4. The highest BCUT2D eigenvalue weighted by molar-refractivity contribution is 7.90. The average Bonchev–Trinajstić information content (AvgIpc) is 2.70. The topological polar surface area (TPSA) is 82.6 Å². The van der Waals surface area contributed by atoms with Crippen LogP contribution in [0.1, 0.15) is 11.1 Å². The van der Waals surface area contributed by atoms with Gasteiger partial charge in [-0.15, -0.1) is 4.40 Å². The number of guanidine groups is 1. The second kappa shape index (κ2) is 9.56. The Kier molecular flexibility index (Phi) is 6.87. The van der Waals surface area contributed by atoms with Gasteiger partial charge in [0, 0.05) is 17.3 Å². The number of hydrogen-bond acceptors (Lipinski definition) is 3. The van der Waals surface area contributed by atoms with Crippen LogP contribution in [0.25, 0.3) is 0 Å². The summed E-state index contributed by atoms with van der Waals surface area (Å²) in [6, 6.07) is 23.1. The smallest absolute Gasteiger partial charge is 0.285 e. The Morgan fingerprint density at radius 1 is 0.931 bits per heavy atom. The number of sulfonamides is 1. The van der Waals surface area contributed by atoms with Gasteiger partial charge in [0.1, 0.15) is 0 Å². The number of benzene rings is 3. The number of rotatable bonds is 6. The van der Waals surface area contributed by atoms with E-state index in [1.807, 2.05) is 37.3 Å². The highest BCUT2D eigenvalue weighted by Crippen LogP contribution is 2.15. The van der Waals surface area contributed by atoms with E-state index >= 15 is 0 Å². The molecular weight excluding hydrogens is 408 g/mol. The molecule has 0 aromatic heterocycles. The molecule has 0 fully saturated rings. The zero-order valence-corrected chi connectivity index (χ0v) is 17.3. The Hall–Kier alpha value is -2.87. The van der Waals surface area contributed by atoms with Crippen LogP contribution < -0.4 is 16.2 Å². The van der Waals surface area contributed by atoms with E-state index in [0.717, 1.165) is 11.1 Å². The lowest BCUT2D eigenvalue weighted by atomic mass is 10.2. The minimum absolute atomic E-state index is 0.0452. The Morgan fingerprint density at radius 3 is 2.24 bits per heavy atom. The number of nitrogens with one attached hydrogen (secondary N) is 3. The molecule has 0 radical (unpaired) electrons. The van der Waals surface area contributed by atoms with Crippen LogP contribution in [0.4, 0.5) is 5.69 Å². The van der Waals surface area contributed by atoms with E-state index in [1.165, 1.54) is 12.1 Å². The largest absolute Gasteiger partial charge is 0.324 e. The summed E-state index contributed by atoms with van der Waals surface area (Å²) in [5, 5.41) is 3.55. The molecule has 0 heterocycles. The number of hydrazine groups is 1. The van der Waals surface area contributed by atoms with E-state index in [9.17, 15) is 8.42 Å². The van der Waals surface area contributed by atoms with Gasteiger partial charge in [0.05, 0.1) is 4.90 Å². The van der Waals surface area contributed by atoms with E-state index in [1.54, 1.807) is 36.4 Å². The third kappa shape index (κ3) is 6.32. The fourth-order valence-corrected chi connectivity index (χ4v) is 3.50. The molecule has 150 valence electrons. The molecule has 0 unspecified atom stereocenters. The molecule has 3 N–H and O–H groups in total. The molecule has 0 saturated heterocycles. The summed E-state index contributed by atoms with van der Waals surface area (Å²) in [5.41, 5.74) is 8.47. The molecule has 3 aromatic carbocycles. The van der Waals surface area contributed by atoms with Crippen molar-refractivity contribution < 1.29 is 8.42 Å². The SMILES string of the molecule is Cc1ccc(S(=O)(=O)N=C(NNCc2ccccc2)Nc2ccc(Cl)cc2)cc1. The first-order valence-electron chi connectivity index (χ1n) is 8.89. The Morgan fingerprint density at radius 2 is 1.59 bits per heavy atom. The molecule has 0 aliphatic heterocycles. The van der Waals surface area contributed by atoms with E-state index in [-0.39, 0.29) is 10.9 Å². The quantitative estimate of drug-likeness (QED) is 0.313. The first-order valence-corrected chi connectivity index (χ1v) is 10.7. The van der Waals surface area contributed by atoms with Crippen molar-refractivity contribution in [2.75, 3.05) is 5.32 Å². The zero-order valence-electron chi connectivity index (χ0n) is 15.8. The number of hydrogen-bond donors (Lipinski definition) is 3. The van der Waals surface area contributed by atoms with Crippen molar-refractivity contribution in [3.8, 4) is 0 Å². The predicted molar refractivity (Wildman–Crippen MR) is 117 cm³/mol. The fourth-order valence-electron chi connectivity index (χ4n) is 2.46. The minimum Gasteiger partial charge on any atom is -0.324 e. The summed E-state index contributed by atoms with van der Waals surface area (Å²) in [4.78, 5) is 0.114. The number of anilines is 1. The molecule has 0 saturated carbocycles. The Labute approximate surface area is 175 Å². The molecule has 3 rings (SSSR count). The van der Waals surface area contributed by atoms with Crippen LogP contribution in [0.3, 0.4) is 0 Å². The molecule has 0 amide bonds. The lowest BCUT2D eigenvalue weighted by molar-refractivity contribution is 0.596. The van der Waals surface area contributed by atoms with Gasteiger partial charge >= 0.3 is 0 Å². The van der Waals surface area contributed by atoms with Crippen LogP contribution in [0.2, 0.25) is 5.02 Å². The summed E-state index contributed by atoms with van der Waals surface area (Å²) >= 11 is 5.92. The summed E-state index contributed by atoms with van der Waals surface area (Å²) in [6.45, 7) is 2.37. The number of nitrogens with zero attached hydrogens (tertiary/aromatic N) is 1. The fraction of sp³-hybridized carbons (Fsp3) is 0.0952. The van der Waals surface area contributed by atoms with Crippen molar-refractivity contribution in [2.45, 2.75) is 18.4 Å². The molecule has 0 spiro atoms. The zero-order chi connectivity index (χ0) is 20.7. The molecule has 0 aliphatic rings. The van der Waals surface area contributed by atoms with Gasteiger partial charge in [0.15, 0.2) is 0 Å². The second-order valence-electron chi connectivity index (χ2n) is 6.32. The van der Waals surface area contributed by atoms with Crippen LogP contribution >= 0.6 is 11.6 Å². The van der Waals surface area contributed by atoms with Crippen LogP contribution in [0.5, 0.6) is 0 Å². The van der Waals surface area contributed by atoms with Gasteiger partial charge in [-0.25, -0.2) is 5.43 Å². The monoisotopic (exact) mass is 428 g/mol. The maximum Gasteiger partial charge on any atom is 0.285 e. The maximum absolute atomic E-state index is 12.7. The van der Waals surface area contributed by atoms with Crippen LogP contribution in [-0.4, -0.2) is 14.4 Å². The van der Waals surface area contributed by atoms with Gasteiger partial charge in [-0.3, -0.25) is 5.43 Å². The molecule has 29 heavy (non-hydrogen) atoms. The molecule has 6 nitrogen and oxygen atoms in total. The molecule has 3 aromatic rings. The molecular formula is C21H21ClN4O2S. The van der Waals surface area contributed by atoms with E-state index in [2.05, 4.69) is 20.6 Å². The van der Waals surface area contributed by atoms with Gasteiger partial charge in [-0.05, 0) is 48.9 Å². The highest BCUT2D eigenvalue weighted by atomic mass is 35.5. The summed E-state index contributed by atoms with van der Waals surface area (Å²) in [7, 11) is -3.90. The van der Waals surface area contributed by atoms with Crippen molar-refractivity contribution >= 4 is 33.3 Å². The molecule has 0 bridgehead atoms. The van der Waals surface area contributed by atoms with Crippen LogP contribution in [0.15, 0.2) is 88.2 Å². The van der Waals surface area contributed by atoms with Crippen molar-refractivity contribution in [2.24, 2.45) is 4.40 Å². The van der Waals surface area contributed by atoms with E-state index < -0.39 is 10.0 Å². The first kappa shape index (κ1) is 20.9. The lowest BCUT2D eigenvalue weighted by Crippen LogP contribution is -2.41. The standard InChI is InChI=1S/C21H21ClN4O2S/c1-16-7-13-20(14-8-16)29(27,28)26-21(24-19-11-9-18(22)10-12-19)25-23-15-17-5-3-2-4-6-17/h2-14,23H,15H2,1H3,(H2,24,25,26). The number of aryl methyl sites for hydroxylation is 1. The Bertz CT molecular complexity index is 1070. The summed E-state index contributed by atoms with van der Waals surface area (Å²) in [6.07, 6.45) is 0.